The van der Waals surface area contributed by atoms with Gasteiger partial charge >= 0.3 is 6.18 Å². The Morgan fingerprint density at radius 1 is 1.15 bits per heavy atom. The Morgan fingerprint density at radius 2 is 1.92 bits per heavy atom. The van der Waals surface area contributed by atoms with Gasteiger partial charge in [-0.25, -0.2) is 19.3 Å². The fourth-order valence-corrected chi connectivity index (χ4v) is 4.60. The van der Waals surface area contributed by atoms with Crippen molar-refractivity contribution in [1.82, 2.24) is 30.2 Å². The maximum Gasteiger partial charge on any atom is 0.419 e. The van der Waals surface area contributed by atoms with E-state index in [0.717, 1.165) is 18.8 Å². The van der Waals surface area contributed by atoms with E-state index in [1.807, 2.05) is 6.92 Å². The summed E-state index contributed by atoms with van der Waals surface area (Å²) in [6.45, 7) is 2.11. The summed E-state index contributed by atoms with van der Waals surface area (Å²) >= 11 is 0. The molecule has 2 amide bonds. The van der Waals surface area contributed by atoms with E-state index in [1.165, 1.54) is 21.9 Å². The molecular weight excluding hydrogens is 522 g/mol. The number of nitrogens with one attached hydrogen (secondary N) is 2. The van der Waals surface area contributed by atoms with Gasteiger partial charge in [-0.3, -0.25) is 9.59 Å². The molecule has 0 spiro atoms. The third kappa shape index (κ3) is 5.87. The third-order valence-electron chi connectivity index (χ3n) is 6.58. The number of alkyl halides is 3. The number of carbonyl (C=O) groups is 2. The number of carbonyl (C=O) groups excluding carboxylic acids is 2. The lowest BCUT2D eigenvalue weighted by atomic mass is 9.98. The van der Waals surface area contributed by atoms with Gasteiger partial charge in [-0.15, -0.1) is 0 Å². The highest BCUT2D eigenvalue weighted by molar-refractivity contribution is 5.88. The van der Waals surface area contributed by atoms with Gasteiger partial charge in [0.2, 0.25) is 11.8 Å². The molecule has 15 heteroatoms. The second-order valence-corrected chi connectivity index (χ2v) is 9.40. The number of rotatable bonds is 9. The van der Waals surface area contributed by atoms with E-state index in [9.17, 15) is 27.2 Å². The van der Waals surface area contributed by atoms with Crippen molar-refractivity contribution in [2.45, 2.75) is 44.4 Å². The number of nitrogen functional groups attached to an aromatic ring is 1. The summed E-state index contributed by atoms with van der Waals surface area (Å²) in [6.07, 6.45) is -1.62. The number of halogens is 4. The molecule has 6 N–H and O–H groups in total. The molecule has 2 aromatic heterocycles. The Balaban J connectivity index is 1.60. The molecule has 0 unspecified atom stereocenters. The Labute approximate surface area is 221 Å². The largest absolute Gasteiger partial charge is 0.419 e. The fraction of sp³-hybridized carbons (Fsp3) is 0.458. The maximum absolute atomic E-state index is 14.7. The second-order valence-electron chi connectivity index (χ2n) is 9.40. The van der Waals surface area contributed by atoms with Crippen molar-refractivity contribution in [3.05, 3.63) is 41.7 Å². The van der Waals surface area contributed by atoms with Gasteiger partial charge in [0.05, 0.1) is 18.4 Å². The SMILES string of the molecule is CCCNC(=O)CCNC(=O)[C@@]1(N)CCN(c2ccc(F)c(C(F)(F)F)c2Cn2cnc3c(N)ncnc32)C1. The molecule has 210 valence electrons. The topological polar surface area (TPSA) is 157 Å². The first-order valence-electron chi connectivity index (χ1n) is 12.3. The molecular formula is C24H29F4N9O2. The monoisotopic (exact) mass is 551 g/mol. The number of nitrogens with zero attached hydrogens (tertiary/aromatic N) is 5. The van der Waals surface area contributed by atoms with Gasteiger partial charge in [-0.05, 0) is 25.0 Å². The van der Waals surface area contributed by atoms with Gasteiger partial charge in [0.1, 0.15) is 23.2 Å². The summed E-state index contributed by atoms with van der Waals surface area (Å²) < 4.78 is 58.3. The van der Waals surface area contributed by atoms with Crippen molar-refractivity contribution in [1.29, 1.82) is 0 Å². The van der Waals surface area contributed by atoms with Crippen LogP contribution in [0.25, 0.3) is 11.2 Å². The Bertz CT molecular complexity index is 1380. The van der Waals surface area contributed by atoms with Gasteiger partial charge in [0.15, 0.2) is 11.5 Å². The van der Waals surface area contributed by atoms with Crippen molar-refractivity contribution in [2.24, 2.45) is 5.73 Å². The Kier molecular flexibility index (Phi) is 7.90. The van der Waals surface area contributed by atoms with Crippen molar-refractivity contribution in [3.8, 4) is 0 Å². The summed E-state index contributed by atoms with van der Waals surface area (Å²) in [5.41, 5.74) is 9.40. The van der Waals surface area contributed by atoms with Crippen molar-refractivity contribution >= 4 is 34.5 Å². The summed E-state index contributed by atoms with van der Waals surface area (Å²) in [5, 5.41) is 5.34. The van der Waals surface area contributed by atoms with Crippen molar-refractivity contribution < 1.29 is 27.2 Å². The average Bonchev–Trinajstić information content (AvgIpc) is 3.47. The van der Waals surface area contributed by atoms with Crippen LogP contribution in [-0.2, 0) is 22.3 Å². The molecule has 1 aromatic carbocycles. The predicted octanol–water partition coefficient (Wildman–Crippen LogP) is 1.55. The number of hydrogen-bond acceptors (Lipinski definition) is 8. The lowest BCUT2D eigenvalue weighted by Gasteiger charge is -2.28. The number of aromatic nitrogens is 4. The third-order valence-corrected chi connectivity index (χ3v) is 6.58. The Hall–Kier alpha value is -4.01. The average molecular weight is 552 g/mol. The van der Waals surface area contributed by atoms with E-state index < -0.39 is 35.5 Å². The van der Waals surface area contributed by atoms with Crippen LogP contribution in [0.4, 0.5) is 29.1 Å². The second kappa shape index (κ2) is 11.0. The molecule has 11 nitrogen and oxygen atoms in total. The minimum atomic E-state index is -5.00. The normalized spacial score (nSPS) is 17.5. The minimum Gasteiger partial charge on any atom is -0.382 e. The maximum atomic E-state index is 14.7. The van der Waals surface area contributed by atoms with Crippen LogP contribution in [0.3, 0.4) is 0 Å². The van der Waals surface area contributed by atoms with E-state index in [1.54, 1.807) is 0 Å². The molecule has 1 atom stereocenters. The standard InChI is InChI=1S/C24H29F4N9O2/c1-2-7-31-17(38)5-8-32-22(39)23(30)6-9-36(11-23)16-4-3-15(25)18(24(26,27)28)14(16)10-37-13-35-19-20(29)33-12-34-21(19)37/h3-4,12-13H,2,5-11,30H2,1H3,(H,31,38)(H,32,39)(H2,29,33,34)/t23-/m1/s1. The van der Waals surface area contributed by atoms with Crippen molar-refractivity contribution in [3.63, 3.8) is 0 Å². The van der Waals surface area contributed by atoms with Crippen LogP contribution >= 0.6 is 0 Å². The van der Waals surface area contributed by atoms with Crippen LogP contribution in [0.2, 0.25) is 0 Å². The fourth-order valence-electron chi connectivity index (χ4n) is 4.60. The van der Waals surface area contributed by atoms with Gasteiger partial charge < -0.3 is 31.6 Å². The predicted molar refractivity (Wildman–Crippen MR) is 135 cm³/mol. The van der Waals surface area contributed by atoms with E-state index in [0.29, 0.717) is 6.54 Å². The number of fused-ring (bicyclic) bond motifs is 1. The van der Waals surface area contributed by atoms with Gasteiger partial charge in [-0.1, -0.05) is 6.92 Å². The molecule has 1 aliphatic heterocycles. The van der Waals surface area contributed by atoms with E-state index in [-0.39, 0.29) is 66.6 Å². The number of hydrogen-bond donors (Lipinski definition) is 4. The molecule has 0 aliphatic carbocycles. The number of amides is 2. The van der Waals surface area contributed by atoms with Gasteiger partial charge in [0, 0.05) is 43.9 Å². The van der Waals surface area contributed by atoms with Crippen LogP contribution in [-0.4, -0.2) is 63.1 Å². The molecule has 0 radical (unpaired) electrons. The lowest BCUT2D eigenvalue weighted by molar-refractivity contribution is -0.140. The number of nitrogens with two attached hydrogens (primary N) is 2. The zero-order chi connectivity index (χ0) is 28.4. The van der Waals surface area contributed by atoms with Crippen LogP contribution in [0.1, 0.15) is 37.3 Å². The molecule has 1 saturated heterocycles. The molecule has 3 heterocycles. The van der Waals surface area contributed by atoms with Crippen molar-refractivity contribution in [2.75, 3.05) is 36.8 Å². The summed E-state index contributed by atoms with van der Waals surface area (Å²) in [7, 11) is 0. The number of imidazole rings is 1. The molecule has 39 heavy (non-hydrogen) atoms. The lowest BCUT2D eigenvalue weighted by Crippen LogP contribution is -2.56. The van der Waals surface area contributed by atoms with E-state index >= 15 is 0 Å². The first kappa shape index (κ1) is 28.0. The molecule has 4 rings (SSSR count). The summed E-state index contributed by atoms with van der Waals surface area (Å²) in [6, 6.07) is 1.99. The van der Waals surface area contributed by atoms with E-state index in [2.05, 4.69) is 25.6 Å². The molecule has 0 saturated carbocycles. The summed E-state index contributed by atoms with van der Waals surface area (Å²) in [5.74, 6) is -2.13. The first-order chi connectivity index (χ1) is 18.4. The summed E-state index contributed by atoms with van der Waals surface area (Å²) in [4.78, 5) is 38.1. The highest BCUT2D eigenvalue weighted by Gasteiger charge is 2.44. The van der Waals surface area contributed by atoms with Crippen LogP contribution in [0, 0.1) is 5.82 Å². The number of anilines is 2. The van der Waals surface area contributed by atoms with Crippen LogP contribution in [0.5, 0.6) is 0 Å². The minimum absolute atomic E-state index is 0.0515. The van der Waals surface area contributed by atoms with Crippen LogP contribution in [0.15, 0.2) is 24.8 Å². The zero-order valence-corrected chi connectivity index (χ0v) is 21.2. The molecule has 1 aliphatic rings. The van der Waals surface area contributed by atoms with Gasteiger partial charge in [0.25, 0.3) is 0 Å². The molecule has 3 aromatic rings. The molecule has 0 bridgehead atoms. The zero-order valence-electron chi connectivity index (χ0n) is 21.2. The Morgan fingerprint density at radius 3 is 2.64 bits per heavy atom. The highest BCUT2D eigenvalue weighted by atomic mass is 19.4. The highest BCUT2D eigenvalue weighted by Crippen LogP contribution is 2.40. The number of benzene rings is 1. The van der Waals surface area contributed by atoms with Crippen LogP contribution < -0.4 is 27.0 Å². The van der Waals surface area contributed by atoms with Gasteiger partial charge in [-0.2, -0.15) is 13.2 Å². The quantitative estimate of drug-likeness (QED) is 0.292. The first-order valence-corrected chi connectivity index (χ1v) is 12.3. The smallest absolute Gasteiger partial charge is 0.382 e. The van der Waals surface area contributed by atoms with E-state index in [4.69, 9.17) is 11.5 Å². The molecule has 1 fully saturated rings.